The van der Waals surface area contributed by atoms with Gasteiger partial charge in [-0.15, -0.1) is 0 Å². The largest absolute Gasteiger partial charge is 0.486 e. The van der Waals surface area contributed by atoms with Crippen LogP contribution in [0, 0.1) is 0 Å². The Labute approximate surface area is 150 Å². The third-order valence-corrected chi connectivity index (χ3v) is 4.88. The fourth-order valence-corrected chi connectivity index (χ4v) is 3.53. The van der Waals surface area contributed by atoms with Crippen molar-refractivity contribution in [3.63, 3.8) is 0 Å². The Morgan fingerprint density at radius 1 is 1.33 bits per heavy atom. The Hall–Kier alpha value is -1.56. The number of aryl methyl sites for hydroxylation is 1. The molecule has 2 heterocycles. The number of hydrogen-bond acceptors (Lipinski definition) is 4. The van der Waals surface area contributed by atoms with E-state index < -0.39 is 17.3 Å². The molecule has 0 bridgehead atoms. The van der Waals surface area contributed by atoms with Gasteiger partial charge in [0.25, 0.3) is 0 Å². The number of fused-ring (bicyclic) bond motifs is 1. The molecule has 6 heteroatoms. The minimum atomic E-state index is -0.612. The van der Waals surface area contributed by atoms with Crippen molar-refractivity contribution in [2.24, 2.45) is 0 Å². The molecule has 2 aliphatic heterocycles. The molecular formula is C18H22BrNO4. The van der Waals surface area contributed by atoms with E-state index in [0.717, 1.165) is 28.6 Å². The average Bonchev–Trinajstić information content (AvgIpc) is 2.44. The molecule has 1 saturated heterocycles. The first-order valence-electron chi connectivity index (χ1n) is 8.18. The van der Waals surface area contributed by atoms with Gasteiger partial charge in [-0.05, 0) is 51.3 Å². The molecule has 1 fully saturated rings. The van der Waals surface area contributed by atoms with E-state index in [9.17, 15) is 9.59 Å². The number of rotatable bonds is 0. The smallest absolute Gasteiger partial charge is 0.417 e. The number of ether oxygens (including phenoxy) is 2. The summed E-state index contributed by atoms with van der Waals surface area (Å²) in [5.74, 6) is 0.600. The molecule has 1 aromatic carbocycles. The highest BCUT2D eigenvalue weighted by molar-refractivity contribution is 9.10. The molecular weight excluding hydrogens is 374 g/mol. The van der Waals surface area contributed by atoms with E-state index in [2.05, 4.69) is 15.9 Å². The SMILES string of the molecule is CC(C)(C)OC(=O)N1CCC2(CCc3ccc(Br)cc3O2)CC1=O. The lowest BCUT2D eigenvalue weighted by Gasteiger charge is -2.43. The van der Waals surface area contributed by atoms with Gasteiger partial charge in [-0.2, -0.15) is 0 Å². The zero-order valence-electron chi connectivity index (χ0n) is 14.2. The quantitative estimate of drug-likeness (QED) is 0.664. The van der Waals surface area contributed by atoms with Crippen LogP contribution in [0.3, 0.4) is 0 Å². The fraction of sp³-hybridized carbons (Fsp3) is 0.556. The van der Waals surface area contributed by atoms with Crippen molar-refractivity contribution in [3.05, 3.63) is 28.2 Å². The van der Waals surface area contributed by atoms with Crippen molar-refractivity contribution in [1.29, 1.82) is 0 Å². The third-order valence-electron chi connectivity index (χ3n) is 4.38. The molecule has 2 aliphatic rings. The van der Waals surface area contributed by atoms with Crippen molar-refractivity contribution < 1.29 is 19.1 Å². The summed E-state index contributed by atoms with van der Waals surface area (Å²) in [7, 11) is 0. The molecule has 5 nitrogen and oxygen atoms in total. The summed E-state index contributed by atoms with van der Waals surface area (Å²) in [6.45, 7) is 5.71. The van der Waals surface area contributed by atoms with Crippen molar-refractivity contribution >= 4 is 27.9 Å². The maximum Gasteiger partial charge on any atom is 0.417 e. The van der Waals surface area contributed by atoms with Crippen LogP contribution in [0.4, 0.5) is 4.79 Å². The number of carbonyl (C=O) groups excluding carboxylic acids is 2. The molecule has 0 aromatic heterocycles. The van der Waals surface area contributed by atoms with Crippen LogP contribution in [0.5, 0.6) is 5.75 Å². The number of likely N-dealkylation sites (tertiary alicyclic amines) is 1. The molecule has 0 radical (unpaired) electrons. The molecule has 0 aliphatic carbocycles. The predicted molar refractivity (Wildman–Crippen MR) is 93.0 cm³/mol. The first kappa shape index (κ1) is 17.3. The van der Waals surface area contributed by atoms with E-state index >= 15 is 0 Å². The standard InChI is InChI=1S/C18H22BrNO4/c1-17(2,3)24-16(22)20-9-8-18(11-15(20)21)7-6-12-4-5-13(19)10-14(12)23-18/h4-5,10H,6-9,11H2,1-3H3. The first-order chi connectivity index (χ1) is 11.2. The highest BCUT2D eigenvalue weighted by Gasteiger charge is 2.45. The Bertz CT molecular complexity index is 682. The van der Waals surface area contributed by atoms with Crippen LogP contribution in [0.2, 0.25) is 0 Å². The van der Waals surface area contributed by atoms with Gasteiger partial charge < -0.3 is 9.47 Å². The summed E-state index contributed by atoms with van der Waals surface area (Å²) in [5.41, 5.74) is 0.0356. The molecule has 1 aromatic rings. The maximum absolute atomic E-state index is 12.5. The van der Waals surface area contributed by atoms with E-state index in [-0.39, 0.29) is 12.3 Å². The number of imide groups is 1. The lowest BCUT2D eigenvalue weighted by Crippen LogP contribution is -2.54. The van der Waals surface area contributed by atoms with Crippen LogP contribution >= 0.6 is 15.9 Å². The van der Waals surface area contributed by atoms with E-state index in [4.69, 9.17) is 9.47 Å². The molecule has 3 rings (SSSR count). The van der Waals surface area contributed by atoms with Crippen molar-refractivity contribution in [2.75, 3.05) is 6.54 Å². The lowest BCUT2D eigenvalue weighted by molar-refractivity contribution is -0.141. The average molecular weight is 396 g/mol. The summed E-state index contributed by atoms with van der Waals surface area (Å²) in [6, 6.07) is 5.99. The van der Waals surface area contributed by atoms with Gasteiger partial charge in [0.2, 0.25) is 5.91 Å². The lowest BCUT2D eigenvalue weighted by atomic mass is 9.83. The van der Waals surface area contributed by atoms with Crippen LogP contribution in [0.25, 0.3) is 0 Å². The van der Waals surface area contributed by atoms with Crippen LogP contribution in [-0.4, -0.2) is 34.6 Å². The predicted octanol–water partition coefficient (Wildman–Crippen LogP) is 4.07. The molecule has 1 spiro atoms. The highest BCUT2D eigenvalue weighted by Crippen LogP contribution is 2.40. The zero-order chi connectivity index (χ0) is 17.5. The first-order valence-corrected chi connectivity index (χ1v) is 8.98. The summed E-state index contributed by atoms with van der Waals surface area (Å²) >= 11 is 3.45. The summed E-state index contributed by atoms with van der Waals surface area (Å²) < 4.78 is 12.5. The van der Waals surface area contributed by atoms with E-state index in [0.29, 0.717) is 13.0 Å². The second kappa shape index (κ2) is 6.06. The van der Waals surface area contributed by atoms with Gasteiger partial charge in [-0.1, -0.05) is 22.0 Å². The van der Waals surface area contributed by atoms with Gasteiger partial charge in [-0.25, -0.2) is 9.69 Å². The normalized spacial score (nSPS) is 23.7. The second-order valence-corrected chi connectivity index (χ2v) is 8.41. The van der Waals surface area contributed by atoms with Gasteiger partial charge in [0.15, 0.2) is 0 Å². The van der Waals surface area contributed by atoms with E-state index in [1.807, 2.05) is 18.2 Å². The van der Waals surface area contributed by atoms with Gasteiger partial charge in [0.1, 0.15) is 17.0 Å². The molecule has 2 amide bonds. The number of hydrogen-bond donors (Lipinski definition) is 0. The van der Waals surface area contributed by atoms with Gasteiger partial charge in [0.05, 0.1) is 6.42 Å². The maximum atomic E-state index is 12.5. The van der Waals surface area contributed by atoms with Crippen LogP contribution in [0.15, 0.2) is 22.7 Å². The Balaban J connectivity index is 1.72. The number of benzene rings is 1. The van der Waals surface area contributed by atoms with Gasteiger partial charge in [0, 0.05) is 17.4 Å². The number of amides is 2. The summed E-state index contributed by atoms with van der Waals surface area (Å²) in [6.07, 6.45) is 1.93. The van der Waals surface area contributed by atoms with E-state index in [1.54, 1.807) is 20.8 Å². The Morgan fingerprint density at radius 2 is 2.08 bits per heavy atom. The molecule has 1 unspecified atom stereocenters. The van der Waals surface area contributed by atoms with Crippen LogP contribution in [-0.2, 0) is 16.0 Å². The fourth-order valence-electron chi connectivity index (χ4n) is 3.19. The van der Waals surface area contributed by atoms with Crippen molar-refractivity contribution in [2.45, 2.75) is 57.7 Å². The van der Waals surface area contributed by atoms with Crippen LogP contribution < -0.4 is 4.74 Å². The van der Waals surface area contributed by atoms with Gasteiger partial charge >= 0.3 is 6.09 Å². The number of halogens is 1. The number of carbonyl (C=O) groups is 2. The number of nitrogens with zero attached hydrogens (tertiary/aromatic N) is 1. The third kappa shape index (κ3) is 3.58. The van der Waals surface area contributed by atoms with E-state index in [1.165, 1.54) is 4.90 Å². The summed E-state index contributed by atoms with van der Waals surface area (Å²) in [5, 5.41) is 0. The molecule has 24 heavy (non-hydrogen) atoms. The topological polar surface area (TPSA) is 55.8 Å². The minimum absolute atomic E-state index is 0.207. The highest BCUT2D eigenvalue weighted by atomic mass is 79.9. The number of piperidine rings is 1. The monoisotopic (exact) mass is 395 g/mol. The van der Waals surface area contributed by atoms with Crippen molar-refractivity contribution in [1.82, 2.24) is 4.90 Å². The summed E-state index contributed by atoms with van der Waals surface area (Å²) in [4.78, 5) is 25.9. The molecule has 0 N–H and O–H groups in total. The molecule has 1 atom stereocenters. The molecule has 130 valence electrons. The second-order valence-electron chi connectivity index (χ2n) is 7.49. The molecule has 0 saturated carbocycles. The minimum Gasteiger partial charge on any atom is -0.486 e. The Kier molecular flexibility index (Phi) is 4.36. The zero-order valence-corrected chi connectivity index (χ0v) is 15.8. The van der Waals surface area contributed by atoms with Gasteiger partial charge in [-0.3, -0.25) is 4.79 Å². The Morgan fingerprint density at radius 3 is 2.75 bits per heavy atom. The van der Waals surface area contributed by atoms with Crippen molar-refractivity contribution in [3.8, 4) is 5.75 Å². The van der Waals surface area contributed by atoms with Crippen LogP contribution in [0.1, 0.15) is 45.6 Å².